The van der Waals surface area contributed by atoms with E-state index in [2.05, 4.69) is 132 Å². The molecular weight excluding hydrogens is 601 g/mol. The number of aromatic nitrogens is 3. The van der Waals surface area contributed by atoms with Gasteiger partial charge < -0.3 is 9.32 Å². The van der Waals surface area contributed by atoms with Gasteiger partial charge in [0.25, 0.3) is 0 Å². The fourth-order valence-corrected chi connectivity index (χ4v) is 7.05. The van der Waals surface area contributed by atoms with Gasteiger partial charge >= 0.3 is 0 Å². The first-order valence-corrected chi connectivity index (χ1v) is 16.4. The zero-order valence-electron chi connectivity index (χ0n) is 26.4. The molecule has 0 N–H and O–H groups in total. The zero-order valence-corrected chi connectivity index (χ0v) is 26.4. The molecular formula is C44H28N4O. The first-order chi connectivity index (χ1) is 24.3. The number of nitrogens with zero attached hydrogens (tertiary/aromatic N) is 4. The zero-order chi connectivity index (χ0) is 32.3. The van der Waals surface area contributed by atoms with E-state index in [4.69, 9.17) is 14.6 Å². The Bertz CT molecular complexity index is 2820. The standard InChI is InChI=1S/C44H28N4O/c1-3-9-33(10-4-1)47(36-24-26-42-39(28-36)37-13-7-8-14-41(37)49-42)34-22-19-29(20-23-34)32-18-16-30-15-17-31-21-25-40-44(43(31)38(30)27-32)46-48(45-40)35-11-5-2-6-12-35/h1-28H. The molecule has 0 unspecified atom stereocenters. The molecule has 2 heterocycles. The number of para-hydroxylation sites is 3. The van der Waals surface area contributed by atoms with E-state index < -0.39 is 0 Å². The number of furan rings is 1. The predicted molar refractivity (Wildman–Crippen MR) is 201 cm³/mol. The molecule has 0 amide bonds. The summed E-state index contributed by atoms with van der Waals surface area (Å²) in [5, 5.41) is 16.6. The van der Waals surface area contributed by atoms with Gasteiger partial charge in [-0.3, -0.25) is 0 Å². The maximum absolute atomic E-state index is 6.14. The Morgan fingerprint density at radius 3 is 1.96 bits per heavy atom. The van der Waals surface area contributed by atoms with Crippen LogP contribution in [0.2, 0.25) is 0 Å². The highest BCUT2D eigenvalue weighted by atomic mass is 16.3. The van der Waals surface area contributed by atoms with Crippen molar-refractivity contribution in [3.8, 4) is 16.8 Å². The summed E-state index contributed by atoms with van der Waals surface area (Å²) in [4.78, 5) is 4.03. The summed E-state index contributed by atoms with van der Waals surface area (Å²) in [6.45, 7) is 0. The number of fused-ring (bicyclic) bond motifs is 8. The van der Waals surface area contributed by atoms with Gasteiger partial charge in [-0.1, -0.05) is 97.1 Å². The Balaban J connectivity index is 1.08. The molecule has 10 aromatic rings. The average Bonchev–Trinajstić information content (AvgIpc) is 3.78. The number of hydrogen-bond acceptors (Lipinski definition) is 4. The van der Waals surface area contributed by atoms with Crippen LogP contribution in [0.1, 0.15) is 0 Å². The monoisotopic (exact) mass is 628 g/mol. The summed E-state index contributed by atoms with van der Waals surface area (Å²) in [6.07, 6.45) is 0. The Morgan fingerprint density at radius 1 is 0.449 bits per heavy atom. The van der Waals surface area contributed by atoms with Crippen molar-refractivity contribution in [1.29, 1.82) is 0 Å². The lowest BCUT2D eigenvalue weighted by Crippen LogP contribution is -2.09. The quantitative estimate of drug-likeness (QED) is 0.178. The molecule has 0 aliphatic rings. The van der Waals surface area contributed by atoms with Crippen molar-refractivity contribution in [3.05, 3.63) is 170 Å². The van der Waals surface area contributed by atoms with Gasteiger partial charge in [-0.15, -0.1) is 10.2 Å². The van der Waals surface area contributed by atoms with Gasteiger partial charge in [-0.05, 0) is 100 Å². The minimum atomic E-state index is 0.876. The van der Waals surface area contributed by atoms with Crippen LogP contribution in [-0.4, -0.2) is 15.0 Å². The normalized spacial score (nSPS) is 11.7. The molecule has 0 spiro atoms. The Kier molecular flexibility index (Phi) is 6.11. The van der Waals surface area contributed by atoms with Gasteiger partial charge in [0.15, 0.2) is 0 Å². The molecule has 0 aliphatic carbocycles. The molecule has 10 rings (SSSR count). The minimum Gasteiger partial charge on any atom is -0.456 e. The second-order valence-electron chi connectivity index (χ2n) is 12.4. The summed E-state index contributed by atoms with van der Waals surface area (Å²) in [7, 11) is 0. The number of benzene rings is 8. The summed E-state index contributed by atoms with van der Waals surface area (Å²) >= 11 is 0. The first kappa shape index (κ1) is 27.4. The molecule has 0 fully saturated rings. The van der Waals surface area contributed by atoms with Crippen molar-refractivity contribution in [2.75, 3.05) is 4.90 Å². The Labute approximate surface area is 281 Å². The number of hydrogen-bond donors (Lipinski definition) is 0. The maximum Gasteiger partial charge on any atom is 0.135 e. The van der Waals surface area contributed by atoms with Gasteiger partial charge in [0.2, 0.25) is 0 Å². The van der Waals surface area contributed by atoms with Crippen molar-refractivity contribution in [2.24, 2.45) is 0 Å². The summed E-state index contributed by atoms with van der Waals surface area (Å²) < 4.78 is 6.14. The number of anilines is 3. The molecule has 0 atom stereocenters. The van der Waals surface area contributed by atoms with Gasteiger partial charge in [-0.2, -0.15) is 4.80 Å². The van der Waals surface area contributed by atoms with Crippen molar-refractivity contribution < 1.29 is 4.42 Å². The van der Waals surface area contributed by atoms with Crippen molar-refractivity contribution in [1.82, 2.24) is 15.0 Å². The second kappa shape index (κ2) is 10.9. The molecule has 0 saturated heterocycles. The van der Waals surface area contributed by atoms with E-state index in [1.165, 1.54) is 5.39 Å². The van der Waals surface area contributed by atoms with Gasteiger partial charge in [0, 0.05) is 33.2 Å². The predicted octanol–water partition coefficient (Wildman–Crippen LogP) is 11.8. The Hall–Kier alpha value is -6.72. The molecule has 0 bridgehead atoms. The van der Waals surface area contributed by atoms with E-state index in [9.17, 15) is 0 Å². The van der Waals surface area contributed by atoms with Gasteiger partial charge in [0.1, 0.15) is 22.2 Å². The lowest BCUT2D eigenvalue weighted by molar-refractivity contribution is 0.669. The van der Waals surface area contributed by atoms with E-state index in [-0.39, 0.29) is 0 Å². The first-order valence-electron chi connectivity index (χ1n) is 16.4. The highest BCUT2D eigenvalue weighted by Gasteiger charge is 2.16. The SMILES string of the molecule is c1ccc(N(c2ccc(-c3ccc4ccc5ccc6nn(-c7ccccc7)nc6c5c4c3)cc2)c2ccc3oc4ccccc4c3c2)cc1. The molecule has 49 heavy (non-hydrogen) atoms. The lowest BCUT2D eigenvalue weighted by Gasteiger charge is -2.25. The highest BCUT2D eigenvalue weighted by molar-refractivity contribution is 6.19. The third-order valence-corrected chi connectivity index (χ3v) is 9.43. The molecule has 2 aromatic heterocycles. The topological polar surface area (TPSA) is 47.1 Å². The van der Waals surface area contributed by atoms with Crippen molar-refractivity contribution in [2.45, 2.75) is 0 Å². The fraction of sp³-hybridized carbons (Fsp3) is 0. The highest BCUT2D eigenvalue weighted by Crippen LogP contribution is 2.40. The van der Waals surface area contributed by atoms with Crippen molar-refractivity contribution in [3.63, 3.8) is 0 Å². The van der Waals surface area contributed by atoms with Crippen LogP contribution in [0.3, 0.4) is 0 Å². The largest absolute Gasteiger partial charge is 0.456 e. The minimum absolute atomic E-state index is 0.876. The molecule has 230 valence electrons. The van der Waals surface area contributed by atoms with E-state index >= 15 is 0 Å². The average molecular weight is 629 g/mol. The molecule has 0 radical (unpaired) electrons. The van der Waals surface area contributed by atoms with Crippen LogP contribution in [0, 0.1) is 0 Å². The molecule has 8 aromatic carbocycles. The van der Waals surface area contributed by atoms with E-state index in [0.29, 0.717) is 0 Å². The van der Waals surface area contributed by atoms with Crippen LogP contribution < -0.4 is 4.90 Å². The Morgan fingerprint density at radius 2 is 1.10 bits per heavy atom. The molecule has 5 nitrogen and oxygen atoms in total. The van der Waals surface area contributed by atoms with Crippen LogP contribution >= 0.6 is 0 Å². The van der Waals surface area contributed by atoms with E-state index in [1.54, 1.807) is 4.80 Å². The van der Waals surface area contributed by atoms with E-state index in [1.807, 2.05) is 42.5 Å². The smallest absolute Gasteiger partial charge is 0.135 e. The van der Waals surface area contributed by atoms with Gasteiger partial charge in [0.05, 0.1) is 5.69 Å². The third kappa shape index (κ3) is 4.55. The summed E-state index contributed by atoms with van der Waals surface area (Å²) in [5.41, 5.74) is 10.0. The molecule has 0 aliphatic heterocycles. The number of rotatable bonds is 5. The molecule has 5 heteroatoms. The maximum atomic E-state index is 6.14. The van der Waals surface area contributed by atoms with Gasteiger partial charge in [-0.25, -0.2) is 0 Å². The fourth-order valence-electron chi connectivity index (χ4n) is 7.05. The third-order valence-electron chi connectivity index (χ3n) is 9.43. The second-order valence-corrected chi connectivity index (χ2v) is 12.4. The van der Waals surface area contributed by atoms with Crippen LogP contribution in [-0.2, 0) is 0 Å². The molecule has 0 saturated carbocycles. The van der Waals surface area contributed by atoms with Crippen molar-refractivity contribution >= 4 is 71.6 Å². The lowest BCUT2D eigenvalue weighted by atomic mass is 9.96. The van der Waals surface area contributed by atoms with Crippen LogP contribution in [0.4, 0.5) is 17.1 Å². The van der Waals surface area contributed by atoms with Crippen LogP contribution in [0.5, 0.6) is 0 Å². The summed E-state index contributed by atoms with van der Waals surface area (Å²) in [5.74, 6) is 0. The van der Waals surface area contributed by atoms with Crippen LogP contribution in [0.25, 0.3) is 71.3 Å². The summed E-state index contributed by atoms with van der Waals surface area (Å²) in [6, 6.07) is 59.3. The van der Waals surface area contributed by atoms with E-state index in [0.717, 1.165) is 83.0 Å². The van der Waals surface area contributed by atoms with Crippen LogP contribution in [0.15, 0.2) is 174 Å².